The summed E-state index contributed by atoms with van der Waals surface area (Å²) in [5, 5.41) is 10.9. The standard InChI is InChI=1S/C26H30N4O4/c1-20(2)29(18-21-6-4-3-5-7-21)19-24-12-13-25(34-24)26(31)28-16-14-27(15-17-28)22-8-10-23(11-9-22)30(32)33/h3-13,20H,14-19H2,1-2H3. The Hall–Kier alpha value is -3.65. The Morgan fingerprint density at radius 3 is 2.26 bits per heavy atom. The number of hydrogen-bond acceptors (Lipinski definition) is 6. The van der Waals surface area contributed by atoms with Crippen LogP contribution in [0.25, 0.3) is 0 Å². The van der Waals surface area contributed by atoms with Crippen LogP contribution in [-0.4, -0.2) is 52.9 Å². The smallest absolute Gasteiger partial charge is 0.289 e. The lowest BCUT2D eigenvalue weighted by molar-refractivity contribution is -0.384. The molecule has 0 aliphatic carbocycles. The van der Waals surface area contributed by atoms with Crippen LogP contribution in [0.2, 0.25) is 0 Å². The lowest BCUT2D eigenvalue weighted by atomic mass is 10.2. The number of rotatable bonds is 8. The molecule has 1 amide bonds. The van der Waals surface area contributed by atoms with E-state index < -0.39 is 4.92 Å². The zero-order valence-electron chi connectivity index (χ0n) is 19.6. The Morgan fingerprint density at radius 1 is 0.971 bits per heavy atom. The van der Waals surface area contributed by atoms with Gasteiger partial charge in [-0.2, -0.15) is 0 Å². The third-order valence-corrected chi connectivity index (χ3v) is 6.18. The molecular weight excluding hydrogens is 432 g/mol. The predicted octanol–water partition coefficient (Wildman–Crippen LogP) is 4.56. The average molecular weight is 463 g/mol. The van der Waals surface area contributed by atoms with Gasteiger partial charge in [0.15, 0.2) is 5.76 Å². The predicted molar refractivity (Wildman–Crippen MR) is 131 cm³/mol. The molecule has 0 atom stereocenters. The summed E-state index contributed by atoms with van der Waals surface area (Å²) < 4.78 is 5.95. The van der Waals surface area contributed by atoms with Crippen LogP contribution in [0, 0.1) is 10.1 Å². The van der Waals surface area contributed by atoms with Crippen LogP contribution < -0.4 is 4.90 Å². The van der Waals surface area contributed by atoms with E-state index in [0.717, 1.165) is 18.0 Å². The van der Waals surface area contributed by atoms with Crippen molar-refractivity contribution >= 4 is 17.3 Å². The van der Waals surface area contributed by atoms with Gasteiger partial charge in [0.05, 0.1) is 11.5 Å². The monoisotopic (exact) mass is 462 g/mol. The summed E-state index contributed by atoms with van der Waals surface area (Å²) in [5.41, 5.74) is 2.24. The first-order valence-corrected chi connectivity index (χ1v) is 11.6. The second-order valence-electron chi connectivity index (χ2n) is 8.80. The van der Waals surface area contributed by atoms with Gasteiger partial charge >= 0.3 is 0 Å². The molecule has 1 aromatic heterocycles. The Morgan fingerprint density at radius 2 is 1.65 bits per heavy atom. The molecule has 0 radical (unpaired) electrons. The molecule has 0 spiro atoms. The van der Waals surface area contributed by atoms with Crippen molar-refractivity contribution in [3.63, 3.8) is 0 Å². The third-order valence-electron chi connectivity index (χ3n) is 6.18. The number of piperazine rings is 1. The van der Waals surface area contributed by atoms with Crippen LogP contribution in [-0.2, 0) is 13.1 Å². The first-order chi connectivity index (χ1) is 16.4. The number of anilines is 1. The largest absolute Gasteiger partial charge is 0.455 e. The number of carbonyl (C=O) groups excluding carboxylic acids is 1. The van der Waals surface area contributed by atoms with E-state index in [-0.39, 0.29) is 11.6 Å². The molecular formula is C26H30N4O4. The molecule has 0 unspecified atom stereocenters. The summed E-state index contributed by atoms with van der Waals surface area (Å²) in [6, 6.07) is 20.8. The van der Waals surface area contributed by atoms with Crippen LogP contribution in [0.4, 0.5) is 11.4 Å². The average Bonchev–Trinajstić information content (AvgIpc) is 3.32. The lowest BCUT2D eigenvalue weighted by Crippen LogP contribution is -2.48. The fraction of sp³-hybridized carbons (Fsp3) is 0.346. The number of amides is 1. The van der Waals surface area contributed by atoms with Gasteiger partial charge in [-0.25, -0.2) is 0 Å². The van der Waals surface area contributed by atoms with Crippen molar-refractivity contribution in [3.05, 3.63) is 93.9 Å². The first-order valence-electron chi connectivity index (χ1n) is 11.6. The molecule has 0 saturated carbocycles. The summed E-state index contributed by atoms with van der Waals surface area (Å²) >= 11 is 0. The molecule has 178 valence electrons. The molecule has 0 N–H and O–H groups in total. The molecule has 34 heavy (non-hydrogen) atoms. The fourth-order valence-electron chi connectivity index (χ4n) is 4.13. The number of nitro benzene ring substituents is 1. The molecule has 1 fully saturated rings. The zero-order chi connectivity index (χ0) is 24.1. The maximum absolute atomic E-state index is 13.0. The van der Waals surface area contributed by atoms with Gasteiger partial charge in [-0.05, 0) is 43.7 Å². The quantitative estimate of drug-likeness (QED) is 0.360. The molecule has 8 nitrogen and oxygen atoms in total. The van der Waals surface area contributed by atoms with Gasteiger partial charge in [-0.3, -0.25) is 19.8 Å². The van der Waals surface area contributed by atoms with Crippen LogP contribution in [0.15, 0.2) is 71.1 Å². The van der Waals surface area contributed by atoms with Gasteiger partial charge in [0.2, 0.25) is 0 Å². The highest BCUT2D eigenvalue weighted by atomic mass is 16.6. The summed E-state index contributed by atoms with van der Waals surface area (Å²) in [6.45, 7) is 8.21. The van der Waals surface area contributed by atoms with Crippen molar-refractivity contribution in [2.45, 2.75) is 33.0 Å². The van der Waals surface area contributed by atoms with E-state index in [1.54, 1.807) is 23.1 Å². The Bertz CT molecular complexity index is 1100. The van der Waals surface area contributed by atoms with Crippen molar-refractivity contribution in [2.75, 3.05) is 31.1 Å². The van der Waals surface area contributed by atoms with Gasteiger partial charge in [0.25, 0.3) is 11.6 Å². The number of carbonyl (C=O) groups is 1. The first kappa shape index (κ1) is 23.5. The number of hydrogen-bond donors (Lipinski definition) is 0. The number of nitrogens with zero attached hydrogens (tertiary/aromatic N) is 4. The molecule has 0 bridgehead atoms. The maximum atomic E-state index is 13.0. The Labute approximate surface area is 199 Å². The van der Waals surface area contributed by atoms with E-state index in [0.29, 0.717) is 44.5 Å². The van der Waals surface area contributed by atoms with E-state index in [1.165, 1.54) is 17.7 Å². The number of benzene rings is 2. The molecule has 1 aliphatic heterocycles. The topological polar surface area (TPSA) is 83.1 Å². The molecule has 1 aliphatic rings. The fourth-order valence-corrected chi connectivity index (χ4v) is 4.13. The minimum atomic E-state index is -0.403. The summed E-state index contributed by atoms with van der Waals surface area (Å²) in [6.07, 6.45) is 0. The van der Waals surface area contributed by atoms with Crippen molar-refractivity contribution < 1.29 is 14.1 Å². The van der Waals surface area contributed by atoms with Gasteiger partial charge < -0.3 is 14.2 Å². The van der Waals surface area contributed by atoms with Crippen molar-refractivity contribution in [3.8, 4) is 0 Å². The molecule has 1 saturated heterocycles. The minimum absolute atomic E-state index is 0.0750. The molecule has 8 heteroatoms. The summed E-state index contributed by atoms with van der Waals surface area (Å²) in [4.78, 5) is 29.7. The number of furan rings is 1. The van der Waals surface area contributed by atoms with E-state index in [4.69, 9.17) is 4.42 Å². The highest BCUT2D eigenvalue weighted by molar-refractivity contribution is 5.91. The van der Waals surface area contributed by atoms with Crippen LogP contribution in [0.3, 0.4) is 0 Å². The number of nitro groups is 1. The third kappa shape index (κ3) is 5.63. The van der Waals surface area contributed by atoms with Crippen molar-refractivity contribution in [1.82, 2.24) is 9.80 Å². The summed E-state index contributed by atoms with van der Waals surface area (Å²) in [5.74, 6) is 1.04. The molecule has 3 aromatic rings. The molecule has 2 aromatic carbocycles. The van der Waals surface area contributed by atoms with E-state index in [2.05, 4.69) is 35.8 Å². The van der Waals surface area contributed by atoms with Gasteiger partial charge in [-0.1, -0.05) is 30.3 Å². The summed E-state index contributed by atoms with van der Waals surface area (Å²) in [7, 11) is 0. The van der Waals surface area contributed by atoms with E-state index in [9.17, 15) is 14.9 Å². The Kier molecular flexibility index (Phi) is 7.27. The zero-order valence-corrected chi connectivity index (χ0v) is 19.6. The Balaban J connectivity index is 1.33. The maximum Gasteiger partial charge on any atom is 0.289 e. The molecule has 4 rings (SSSR count). The van der Waals surface area contributed by atoms with Gasteiger partial charge in [-0.15, -0.1) is 0 Å². The second-order valence-corrected chi connectivity index (χ2v) is 8.80. The normalized spacial score (nSPS) is 14.1. The number of non-ortho nitro benzene ring substituents is 1. The van der Waals surface area contributed by atoms with Crippen LogP contribution in [0.5, 0.6) is 0 Å². The van der Waals surface area contributed by atoms with Crippen molar-refractivity contribution in [2.24, 2.45) is 0 Å². The van der Waals surface area contributed by atoms with Crippen molar-refractivity contribution in [1.29, 1.82) is 0 Å². The van der Waals surface area contributed by atoms with E-state index in [1.807, 2.05) is 24.3 Å². The van der Waals surface area contributed by atoms with Gasteiger partial charge in [0, 0.05) is 56.6 Å². The van der Waals surface area contributed by atoms with Crippen LogP contribution >= 0.6 is 0 Å². The highest BCUT2D eigenvalue weighted by Gasteiger charge is 2.25. The van der Waals surface area contributed by atoms with E-state index >= 15 is 0 Å². The highest BCUT2D eigenvalue weighted by Crippen LogP contribution is 2.22. The second kappa shape index (κ2) is 10.5. The SMILES string of the molecule is CC(C)N(Cc1ccccc1)Cc1ccc(C(=O)N2CCN(c3ccc([N+](=O)[O-])cc3)CC2)o1. The molecule has 2 heterocycles. The van der Waals surface area contributed by atoms with Crippen LogP contribution in [0.1, 0.15) is 35.7 Å². The van der Waals surface area contributed by atoms with Gasteiger partial charge in [0.1, 0.15) is 5.76 Å². The minimum Gasteiger partial charge on any atom is -0.455 e. The lowest BCUT2D eigenvalue weighted by Gasteiger charge is -2.35.